The first kappa shape index (κ1) is 19.0. The first-order chi connectivity index (χ1) is 14.7. The quantitative estimate of drug-likeness (QED) is 0.511. The predicted molar refractivity (Wildman–Crippen MR) is 105 cm³/mol. The summed E-state index contributed by atoms with van der Waals surface area (Å²) in [5, 5.41) is 2.63. The molecule has 5 rings (SSSR count). The highest BCUT2D eigenvalue weighted by atomic mass is 19.4. The van der Waals surface area contributed by atoms with Gasteiger partial charge in [-0.15, -0.1) is 0 Å². The van der Waals surface area contributed by atoms with E-state index in [1.807, 2.05) is 0 Å². The van der Waals surface area contributed by atoms with E-state index in [1.165, 1.54) is 25.3 Å². The summed E-state index contributed by atoms with van der Waals surface area (Å²) in [5.41, 5.74) is 5.23. The Morgan fingerprint density at radius 2 is 2.00 bits per heavy atom. The Kier molecular flexibility index (Phi) is 3.82. The van der Waals surface area contributed by atoms with Gasteiger partial charge in [0.05, 0.1) is 17.3 Å². The van der Waals surface area contributed by atoms with Crippen molar-refractivity contribution >= 4 is 23.2 Å². The number of anilines is 2. The third-order valence-electron chi connectivity index (χ3n) is 5.40. The van der Waals surface area contributed by atoms with Crippen LogP contribution in [0.2, 0.25) is 0 Å². The highest BCUT2D eigenvalue weighted by Crippen LogP contribution is 2.45. The van der Waals surface area contributed by atoms with Crippen molar-refractivity contribution in [2.24, 2.45) is 0 Å². The highest BCUT2D eigenvalue weighted by molar-refractivity contribution is 6.09. The molecule has 1 unspecified atom stereocenters. The Labute approximate surface area is 173 Å². The summed E-state index contributed by atoms with van der Waals surface area (Å²) in [6, 6.07) is 4.59. The first-order valence-electron chi connectivity index (χ1n) is 9.14. The molecule has 8 nitrogen and oxygen atoms in total. The largest absolute Gasteiger partial charge is 0.416 e. The molecular weight excluding hydrogens is 411 g/mol. The fraction of sp³-hybridized carbons (Fsp3) is 0.150. The van der Waals surface area contributed by atoms with Gasteiger partial charge < -0.3 is 15.5 Å². The number of nitrogens with zero attached hydrogens (tertiary/aromatic N) is 5. The Morgan fingerprint density at radius 3 is 2.77 bits per heavy atom. The Morgan fingerprint density at radius 1 is 1.19 bits per heavy atom. The standard InChI is InChI=1S/C20H14F3N7O/c1-19(10-3-2-4-11(7-10)20(21,22)23)14-15(24)27-16(28-17(14)29-18(19)31)12-9-30-6-5-25-13(30)8-26-12/h2-9H,1H3,(H3,24,27,28,29,31). The third kappa shape index (κ3) is 2.80. The molecule has 31 heavy (non-hydrogen) atoms. The number of hydrogen-bond donors (Lipinski definition) is 2. The minimum Gasteiger partial charge on any atom is -0.383 e. The molecule has 0 fully saturated rings. The topological polar surface area (TPSA) is 111 Å². The van der Waals surface area contributed by atoms with Crippen LogP contribution in [0.15, 0.2) is 49.1 Å². The number of aromatic nitrogens is 5. The summed E-state index contributed by atoms with van der Waals surface area (Å²) in [7, 11) is 0. The van der Waals surface area contributed by atoms with Gasteiger partial charge in [-0.1, -0.05) is 18.2 Å². The molecule has 1 aliphatic heterocycles. The second kappa shape index (κ2) is 6.24. The molecule has 4 aromatic rings. The highest BCUT2D eigenvalue weighted by Gasteiger charge is 2.48. The van der Waals surface area contributed by atoms with Gasteiger partial charge in [0.15, 0.2) is 11.5 Å². The molecule has 0 saturated carbocycles. The van der Waals surface area contributed by atoms with Crippen molar-refractivity contribution < 1.29 is 18.0 Å². The maximum Gasteiger partial charge on any atom is 0.416 e. The van der Waals surface area contributed by atoms with E-state index in [0.717, 1.165) is 12.1 Å². The molecule has 4 heterocycles. The molecule has 1 atom stereocenters. The van der Waals surface area contributed by atoms with E-state index in [9.17, 15) is 18.0 Å². The van der Waals surface area contributed by atoms with Crippen molar-refractivity contribution in [1.82, 2.24) is 24.3 Å². The number of fused-ring (bicyclic) bond motifs is 2. The number of hydrogen-bond acceptors (Lipinski definition) is 6. The van der Waals surface area contributed by atoms with Gasteiger partial charge in [-0.05, 0) is 18.6 Å². The van der Waals surface area contributed by atoms with Crippen molar-refractivity contribution in [2.75, 3.05) is 11.1 Å². The molecule has 0 radical (unpaired) electrons. The average Bonchev–Trinajstić information content (AvgIpc) is 3.30. The van der Waals surface area contributed by atoms with Crippen LogP contribution in [0.5, 0.6) is 0 Å². The van der Waals surface area contributed by atoms with Crippen LogP contribution in [-0.4, -0.2) is 30.2 Å². The number of halogens is 3. The molecule has 3 N–H and O–H groups in total. The molecule has 0 aliphatic carbocycles. The van der Waals surface area contributed by atoms with Gasteiger partial charge in [0.2, 0.25) is 5.91 Å². The second-order valence-corrected chi connectivity index (χ2v) is 7.28. The number of benzene rings is 1. The molecule has 0 bridgehead atoms. The molecule has 3 aromatic heterocycles. The molecule has 1 amide bonds. The van der Waals surface area contributed by atoms with Crippen molar-refractivity contribution in [1.29, 1.82) is 0 Å². The zero-order valence-corrected chi connectivity index (χ0v) is 16.0. The zero-order valence-electron chi connectivity index (χ0n) is 16.0. The van der Waals surface area contributed by atoms with Crippen molar-refractivity contribution in [3.8, 4) is 11.5 Å². The number of carbonyl (C=O) groups is 1. The molecule has 156 valence electrons. The average molecular weight is 425 g/mol. The summed E-state index contributed by atoms with van der Waals surface area (Å²) in [5.74, 6) is -0.260. The number of nitrogen functional groups attached to an aromatic ring is 1. The van der Waals surface area contributed by atoms with Gasteiger partial charge in [-0.25, -0.2) is 19.9 Å². The van der Waals surface area contributed by atoms with Gasteiger partial charge in [0.25, 0.3) is 0 Å². The Bertz CT molecular complexity index is 1360. The number of amides is 1. The maximum absolute atomic E-state index is 13.2. The van der Waals surface area contributed by atoms with Crippen LogP contribution < -0.4 is 11.1 Å². The van der Waals surface area contributed by atoms with Gasteiger partial charge in [0.1, 0.15) is 22.7 Å². The minimum atomic E-state index is -4.55. The van der Waals surface area contributed by atoms with Crippen LogP contribution in [0.1, 0.15) is 23.6 Å². The van der Waals surface area contributed by atoms with Crippen molar-refractivity contribution in [3.05, 3.63) is 65.7 Å². The van der Waals surface area contributed by atoms with E-state index in [0.29, 0.717) is 11.3 Å². The van der Waals surface area contributed by atoms with Gasteiger partial charge in [-0.3, -0.25) is 4.79 Å². The van der Waals surface area contributed by atoms with Crippen LogP contribution in [0.4, 0.5) is 24.8 Å². The summed E-state index contributed by atoms with van der Waals surface area (Å²) < 4.78 is 41.4. The monoisotopic (exact) mass is 425 g/mol. The van der Waals surface area contributed by atoms with Gasteiger partial charge in [0, 0.05) is 18.6 Å². The third-order valence-corrected chi connectivity index (χ3v) is 5.40. The van der Waals surface area contributed by atoms with E-state index in [2.05, 4.69) is 25.3 Å². The lowest BCUT2D eigenvalue weighted by Gasteiger charge is -2.24. The smallest absolute Gasteiger partial charge is 0.383 e. The van der Waals surface area contributed by atoms with E-state index in [4.69, 9.17) is 5.73 Å². The molecule has 0 saturated heterocycles. The zero-order chi connectivity index (χ0) is 22.0. The number of rotatable bonds is 2. The number of alkyl halides is 3. The number of carbonyl (C=O) groups excluding carboxylic acids is 1. The van der Waals surface area contributed by atoms with Crippen LogP contribution in [-0.2, 0) is 16.4 Å². The predicted octanol–water partition coefficient (Wildman–Crippen LogP) is 3.05. The van der Waals surface area contributed by atoms with Crippen LogP contribution in [0.25, 0.3) is 17.2 Å². The van der Waals surface area contributed by atoms with Crippen LogP contribution in [0.3, 0.4) is 0 Å². The summed E-state index contributed by atoms with van der Waals surface area (Å²) in [6.45, 7) is 1.50. The van der Waals surface area contributed by atoms with Crippen molar-refractivity contribution in [3.63, 3.8) is 0 Å². The van der Waals surface area contributed by atoms with Crippen LogP contribution in [0, 0.1) is 0 Å². The SMILES string of the molecule is CC1(c2cccc(C(F)(F)F)c2)C(=O)Nc2nc(-c3cn4ccnc4cn3)nc(N)c21. The molecule has 11 heteroatoms. The minimum absolute atomic E-state index is 0.0224. The fourth-order valence-electron chi connectivity index (χ4n) is 3.75. The van der Waals surface area contributed by atoms with E-state index in [-0.39, 0.29) is 28.6 Å². The van der Waals surface area contributed by atoms with E-state index < -0.39 is 23.1 Å². The molecule has 1 aromatic carbocycles. The summed E-state index contributed by atoms with van der Waals surface area (Å²) >= 11 is 0. The lowest BCUT2D eigenvalue weighted by Crippen LogP contribution is -2.33. The lowest BCUT2D eigenvalue weighted by molar-refractivity contribution is -0.137. The first-order valence-corrected chi connectivity index (χ1v) is 9.14. The normalized spacial score (nSPS) is 18.3. The molecule has 0 spiro atoms. The Hall–Kier alpha value is -4.02. The number of imidazole rings is 1. The summed E-state index contributed by atoms with van der Waals surface area (Å²) in [4.78, 5) is 30.0. The van der Waals surface area contributed by atoms with E-state index >= 15 is 0 Å². The maximum atomic E-state index is 13.2. The molecule has 1 aliphatic rings. The van der Waals surface area contributed by atoms with Gasteiger partial charge in [-0.2, -0.15) is 13.2 Å². The van der Waals surface area contributed by atoms with E-state index in [1.54, 1.807) is 23.0 Å². The number of nitrogens with one attached hydrogen (secondary N) is 1. The lowest BCUT2D eigenvalue weighted by atomic mass is 9.77. The fourth-order valence-corrected chi connectivity index (χ4v) is 3.75. The van der Waals surface area contributed by atoms with Crippen molar-refractivity contribution in [2.45, 2.75) is 18.5 Å². The molecular formula is C20H14F3N7O. The Balaban J connectivity index is 1.65. The summed E-state index contributed by atoms with van der Waals surface area (Å²) in [6.07, 6.45) is 1.98. The second-order valence-electron chi connectivity index (χ2n) is 7.28. The van der Waals surface area contributed by atoms with Gasteiger partial charge >= 0.3 is 6.18 Å². The van der Waals surface area contributed by atoms with Crippen LogP contribution >= 0.6 is 0 Å². The number of nitrogens with two attached hydrogens (primary N) is 1.